The van der Waals surface area contributed by atoms with Crippen molar-refractivity contribution in [1.82, 2.24) is 0 Å². The summed E-state index contributed by atoms with van der Waals surface area (Å²) in [6.45, 7) is 5.93. The molecule has 0 bridgehead atoms. The second-order valence-electron chi connectivity index (χ2n) is 2.96. The van der Waals surface area contributed by atoms with Gasteiger partial charge in [0.05, 0.1) is 0 Å². The topological polar surface area (TPSA) is 20.2 Å². The fourth-order valence-electron chi connectivity index (χ4n) is 1.43. The van der Waals surface area contributed by atoms with E-state index in [1.807, 2.05) is 39.0 Å². The molecule has 0 aromatic rings. The van der Waals surface area contributed by atoms with E-state index in [0.29, 0.717) is 11.7 Å². The number of rotatable bonds is 0. The summed E-state index contributed by atoms with van der Waals surface area (Å²) >= 11 is 0. The lowest BCUT2D eigenvalue weighted by Crippen LogP contribution is -2.01. The van der Waals surface area contributed by atoms with E-state index in [0.717, 1.165) is 5.57 Å². The van der Waals surface area contributed by atoms with Gasteiger partial charge >= 0.3 is 0 Å². The van der Waals surface area contributed by atoms with Gasteiger partial charge in [-0.15, -0.1) is 0 Å². The molecule has 0 saturated carbocycles. The van der Waals surface area contributed by atoms with Gasteiger partial charge in [-0.05, 0) is 24.1 Å². The van der Waals surface area contributed by atoms with E-state index in [1.165, 1.54) is 5.57 Å². The van der Waals surface area contributed by atoms with Gasteiger partial charge in [-0.1, -0.05) is 38.2 Å². The number of hydrogen-bond acceptors (Lipinski definition) is 1. The third-order valence-corrected chi connectivity index (χ3v) is 2.13. The summed E-state index contributed by atoms with van der Waals surface area (Å²) in [6, 6.07) is 0. The zero-order valence-electron chi connectivity index (χ0n) is 8.41. The lowest BCUT2D eigenvalue weighted by atomic mass is 9.93. The third kappa shape index (κ3) is 1.92. The first-order chi connectivity index (χ1) is 6.27. The third-order valence-electron chi connectivity index (χ3n) is 2.13. The highest BCUT2D eigenvalue weighted by atomic mass is 16.3. The Balaban J connectivity index is 0.000000396. The van der Waals surface area contributed by atoms with Gasteiger partial charge in [0, 0.05) is 5.92 Å². The van der Waals surface area contributed by atoms with Gasteiger partial charge < -0.3 is 5.11 Å². The van der Waals surface area contributed by atoms with Crippen LogP contribution in [0.25, 0.3) is 0 Å². The standard InChI is InChI=1S/C10H10O.C2H6/c1-7-5-8-3-2-4-9(8)6-10(7)11;1-2/h2-6,8,11H,1H3;1-2H3. The zero-order chi connectivity index (χ0) is 9.84. The highest BCUT2D eigenvalue weighted by Crippen LogP contribution is 2.29. The molecule has 1 nitrogen and oxygen atoms in total. The van der Waals surface area contributed by atoms with Crippen molar-refractivity contribution in [3.05, 3.63) is 47.3 Å². The normalized spacial score (nSPS) is 23.6. The molecule has 1 atom stereocenters. The molecule has 0 aliphatic heterocycles. The molecule has 0 saturated heterocycles. The van der Waals surface area contributed by atoms with Crippen molar-refractivity contribution in [2.45, 2.75) is 20.8 Å². The van der Waals surface area contributed by atoms with E-state index in [2.05, 4.69) is 12.2 Å². The number of aliphatic hydroxyl groups is 1. The quantitative estimate of drug-likeness (QED) is 0.598. The molecular formula is C12H16O. The molecule has 0 aromatic carbocycles. The zero-order valence-corrected chi connectivity index (χ0v) is 8.41. The molecule has 0 aromatic heterocycles. The van der Waals surface area contributed by atoms with E-state index in [1.54, 1.807) is 0 Å². The largest absolute Gasteiger partial charge is 0.508 e. The summed E-state index contributed by atoms with van der Waals surface area (Å²) in [5.74, 6) is 0.808. The maximum atomic E-state index is 9.35. The summed E-state index contributed by atoms with van der Waals surface area (Å²) in [7, 11) is 0. The van der Waals surface area contributed by atoms with Crippen LogP contribution >= 0.6 is 0 Å². The van der Waals surface area contributed by atoms with Crippen molar-refractivity contribution in [2.75, 3.05) is 0 Å². The highest BCUT2D eigenvalue weighted by Gasteiger charge is 2.16. The van der Waals surface area contributed by atoms with Crippen LogP contribution in [0.5, 0.6) is 0 Å². The summed E-state index contributed by atoms with van der Waals surface area (Å²) < 4.78 is 0. The molecule has 0 heterocycles. The predicted molar refractivity (Wildman–Crippen MR) is 56.5 cm³/mol. The van der Waals surface area contributed by atoms with Crippen LogP contribution < -0.4 is 0 Å². The predicted octanol–water partition coefficient (Wildman–Crippen LogP) is 3.53. The summed E-state index contributed by atoms with van der Waals surface area (Å²) in [5.41, 5.74) is 2.16. The Morgan fingerprint density at radius 3 is 2.69 bits per heavy atom. The first kappa shape index (κ1) is 9.85. The highest BCUT2D eigenvalue weighted by molar-refractivity contribution is 5.47. The van der Waals surface area contributed by atoms with E-state index < -0.39 is 0 Å². The minimum absolute atomic E-state index is 0.399. The molecule has 70 valence electrons. The Morgan fingerprint density at radius 1 is 1.31 bits per heavy atom. The van der Waals surface area contributed by atoms with Crippen LogP contribution in [0, 0.1) is 5.92 Å². The van der Waals surface area contributed by atoms with E-state index in [-0.39, 0.29) is 0 Å². The monoisotopic (exact) mass is 176 g/mol. The first-order valence-electron chi connectivity index (χ1n) is 4.75. The Kier molecular flexibility index (Phi) is 3.13. The van der Waals surface area contributed by atoms with Gasteiger partial charge in [-0.3, -0.25) is 0 Å². The van der Waals surface area contributed by atoms with Gasteiger partial charge in [0.15, 0.2) is 0 Å². The van der Waals surface area contributed by atoms with Gasteiger partial charge in [0.1, 0.15) is 5.76 Å². The lowest BCUT2D eigenvalue weighted by molar-refractivity contribution is 0.419. The molecule has 0 fully saturated rings. The van der Waals surface area contributed by atoms with Crippen LogP contribution in [0.3, 0.4) is 0 Å². The molecule has 2 rings (SSSR count). The molecular weight excluding hydrogens is 160 g/mol. The van der Waals surface area contributed by atoms with Crippen molar-refractivity contribution in [1.29, 1.82) is 0 Å². The number of allylic oxidation sites excluding steroid dienone is 7. The summed E-state index contributed by atoms with van der Waals surface area (Å²) in [4.78, 5) is 0. The van der Waals surface area contributed by atoms with Crippen molar-refractivity contribution >= 4 is 0 Å². The van der Waals surface area contributed by atoms with Gasteiger partial charge in [0.2, 0.25) is 0 Å². The molecule has 13 heavy (non-hydrogen) atoms. The summed E-state index contributed by atoms with van der Waals surface area (Å²) in [5, 5.41) is 9.35. The molecule has 0 spiro atoms. The maximum Gasteiger partial charge on any atom is 0.118 e. The average Bonchev–Trinajstić information content (AvgIpc) is 2.56. The SMILES string of the molecule is CC.CC1=CC2C=CC=C2C=C1O. The van der Waals surface area contributed by atoms with Crippen molar-refractivity contribution < 1.29 is 5.11 Å². The fourth-order valence-corrected chi connectivity index (χ4v) is 1.43. The summed E-state index contributed by atoms with van der Waals surface area (Å²) in [6.07, 6.45) is 10.1. The number of fused-ring (bicyclic) bond motifs is 1. The molecule has 1 unspecified atom stereocenters. The molecule has 1 heteroatoms. The number of hydrogen-bond donors (Lipinski definition) is 1. The fraction of sp³-hybridized carbons (Fsp3) is 0.333. The average molecular weight is 176 g/mol. The van der Waals surface area contributed by atoms with Crippen molar-refractivity contribution in [3.8, 4) is 0 Å². The minimum atomic E-state index is 0.399. The van der Waals surface area contributed by atoms with E-state index >= 15 is 0 Å². The lowest BCUT2D eigenvalue weighted by Gasteiger charge is -2.13. The molecule has 0 amide bonds. The molecule has 2 aliphatic rings. The number of aliphatic hydroxyl groups excluding tert-OH is 1. The molecule has 0 radical (unpaired) electrons. The van der Waals surface area contributed by atoms with Crippen LogP contribution in [0.4, 0.5) is 0 Å². The van der Waals surface area contributed by atoms with E-state index in [9.17, 15) is 5.11 Å². The smallest absolute Gasteiger partial charge is 0.118 e. The second kappa shape index (κ2) is 4.13. The van der Waals surface area contributed by atoms with Crippen molar-refractivity contribution in [3.63, 3.8) is 0 Å². The van der Waals surface area contributed by atoms with Crippen molar-refractivity contribution in [2.24, 2.45) is 5.92 Å². The van der Waals surface area contributed by atoms with Crippen LogP contribution in [-0.4, -0.2) is 5.11 Å². The van der Waals surface area contributed by atoms with Crippen LogP contribution in [-0.2, 0) is 0 Å². The minimum Gasteiger partial charge on any atom is -0.508 e. The van der Waals surface area contributed by atoms with Gasteiger partial charge in [0.25, 0.3) is 0 Å². The Morgan fingerprint density at radius 2 is 2.00 bits per heavy atom. The Bertz CT molecular complexity index is 303. The van der Waals surface area contributed by atoms with Gasteiger partial charge in [-0.2, -0.15) is 0 Å². The van der Waals surface area contributed by atoms with Gasteiger partial charge in [-0.25, -0.2) is 0 Å². The Labute approximate surface area is 79.8 Å². The molecule has 2 aliphatic carbocycles. The van der Waals surface area contributed by atoms with Crippen LogP contribution in [0.1, 0.15) is 20.8 Å². The first-order valence-corrected chi connectivity index (χ1v) is 4.75. The molecule has 1 N–H and O–H groups in total. The Hall–Kier alpha value is -1.24. The van der Waals surface area contributed by atoms with E-state index in [4.69, 9.17) is 0 Å². The van der Waals surface area contributed by atoms with Crippen LogP contribution in [0.2, 0.25) is 0 Å². The maximum absolute atomic E-state index is 9.35. The van der Waals surface area contributed by atoms with Crippen LogP contribution in [0.15, 0.2) is 47.3 Å². The second-order valence-corrected chi connectivity index (χ2v) is 2.96.